The van der Waals surface area contributed by atoms with Gasteiger partial charge in [0.2, 0.25) is 5.95 Å². The van der Waals surface area contributed by atoms with E-state index in [2.05, 4.69) is 36.1 Å². The average Bonchev–Trinajstić information content (AvgIpc) is 2.22. The van der Waals surface area contributed by atoms with Gasteiger partial charge in [-0.1, -0.05) is 20.8 Å². The fourth-order valence-corrected chi connectivity index (χ4v) is 1.62. The number of aromatic nitrogens is 2. The Kier molecular flexibility index (Phi) is 3.43. The Hall–Kier alpha value is -1.36. The number of ether oxygens (including phenoxy) is 1. The van der Waals surface area contributed by atoms with Gasteiger partial charge in [0, 0.05) is 25.6 Å². The topological polar surface area (TPSA) is 50.3 Å². The molecule has 18 heavy (non-hydrogen) atoms. The molecular weight excluding hydrogens is 228 g/mol. The van der Waals surface area contributed by atoms with Crippen LogP contribution < -0.4 is 10.2 Å². The number of rotatable bonds is 3. The van der Waals surface area contributed by atoms with Gasteiger partial charge in [-0.25, -0.2) is 4.98 Å². The molecule has 5 heteroatoms. The van der Waals surface area contributed by atoms with Gasteiger partial charge in [0.05, 0.1) is 24.9 Å². The molecule has 2 rings (SSSR count). The van der Waals surface area contributed by atoms with Crippen LogP contribution in [0, 0.1) is 0 Å². The lowest BCUT2D eigenvalue weighted by atomic mass is 9.92. The van der Waals surface area contributed by atoms with Gasteiger partial charge >= 0.3 is 0 Å². The molecule has 1 aromatic rings. The molecule has 1 aromatic heterocycles. The van der Waals surface area contributed by atoms with Crippen molar-refractivity contribution in [1.29, 1.82) is 0 Å². The third-order valence-corrected chi connectivity index (χ3v) is 2.87. The number of nitrogens with one attached hydrogen (secondary N) is 1. The summed E-state index contributed by atoms with van der Waals surface area (Å²) in [6.07, 6.45) is 0. The lowest BCUT2D eigenvalue weighted by molar-refractivity contribution is 0.0209. The fourth-order valence-electron chi connectivity index (χ4n) is 1.62. The largest absolute Gasteiger partial charge is 0.377 e. The van der Waals surface area contributed by atoms with Crippen molar-refractivity contribution in [3.63, 3.8) is 0 Å². The standard InChI is InChI=1S/C13H22N4O/c1-13(2,3)10-6-11(14-9-7-18-8-9)16-12(15-10)17(4)5/h6,9H,7-8H2,1-5H3,(H,14,15,16). The minimum Gasteiger partial charge on any atom is -0.377 e. The Bertz CT molecular complexity index is 421. The number of hydrogen-bond acceptors (Lipinski definition) is 5. The van der Waals surface area contributed by atoms with E-state index in [0.29, 0.717) is 6.04 Å². The average molecular weight is 250 g/mol. The van der Waals surface area contributed by atoms with E-state index < -0.39 is 0 Å². The van der Waals surface area contributed by atoms with Crippen molar-refractivity contribution in [2.75, 3.05) is 37.5 Å². The molecule has 0 aromatic carbocycles. The van der Waals surface area contributed by atoms with E-state index >= 15 is 0 Å². The SMILES string of the molecule is CN(C)c1nc(NC2COC2)cc(C(C)(C)C)n1. The third-order valence-electron chi connectivity index (χ3n) is 2.87. The first kappa shape index (κ1) is 13.1. The molecule has 100 valence electrons. The maximum Gasteiger partial charge on any atom is 0.227 e. The van der Waals surface area contributed by atoms with Crippen molar-refractivity contribution in [1.82, 2.24) is 9.97 Å². The van der Waals surface area contributed by atoms with Crippen molar-refractivity contribution in [2.45, 2.75) is 32.2 Å². The molecule has 0 aliphatic carbocycles. The summed E-state index contributed by atoms with van der Waals surface area (Å²) in [7, 11) is 3.91. The van der Waals surface area contributed by atoms with Gasteiger partial charge in [0.1, 0.15) is 5.82 Å². The van der Waals surface area contributed by atoms with Gasteiger partial charge in [-0.05, 0) is 0 Å². The van der Waals surface area contributed by atoms with Crippen LogP contribution in [0.4, 0.5) is 11.8 Å². The Labute approximate surface area is 109 Å². The molecule has 1 saturated heterocycles. The van der Waals surface area contributed by atoms with Gasteiger partial charge in [0.25, 0.3) is 0 Å². The second-order valence-corrected chi connectivity index (χ2v) is 5.96. The van der Waals surface area contributed by atoms with Crippen LogP contribution in [0.1, 0.15) is 26.5 Å². The quantitative estimate of drug-likeness (QED) is 0.884. The van der Waals surface area contributed by atoms with E-state index in [1.807, 2.05) is 25.1 Å². The fraction of sp³-hybridized carbons (Fsp3) is 0.692. The zero-order chi connectivity index (χ0) is 13.3. The molecule has 0 saturated carbocycles. The molecule has 0 unspecified atom stereocenters. The van der Waals surface area contributed by atoms with Gasteiger partial charge in [-0.2, -0.15) is 4.98 Å². The Morgan fingerprint density at radius 3 is 2.39 bits per heavy atom. The van der Waals surface area contributed by atoms with Crippen molar-refractivity contribution in [3.05, 3.63) is 11.8 Å². The van der Waals surface area contributed by atoms with Gasteiger partial charge in [-0.3, -0.25) is 0 Å². The molecule has 1 N–H and O–H groups in total. The Morgan fingerprint density at radius 2 is 1.94 bits per heavy atom. The second kappa shape index (κ2) is 4.72. The highest BCUT2D eigenvalue weighted by molar-refractivity contribution is 5.45. The summed E-state index contributed by atoms with van der Waals surface area (Å²) >= 11 is 0. The van der Waals surface area contributed by atoms with Crippen LogP contribution in [-0.4, -0.2) is 43.3 Å². The van der Waals surface area contributed by atoms with E-state index in [9.17, 15) is 0 Å². The zero-order valence-electron chi connectivity index (χ0n) is 11.8. The molecule has 0 bridgehead atoms. The first-order valence-electron chi connectivity index (χ1n) is 6.27. The van der Waals surface area contributed by atoms with E-state index in [0.717, 1.165) is 30.7 Å². The van der Waals surface area contributed by atoms with Crippen LogP contribution in [0.2, 0.25) is 0 Å². The maximum atomic E-state index is 5.17. The highest BCUT2D eigenvalue weighted by Gasteiger charge is 2.22. The van der Waals surface area contributed by atoms with Crippen molar-refractivity contribution in [3.8, 4) is 0 Å². The number of nitrogens with zero attached hydrogens (tertiary/aromatic N) is 3. The smallest absolute Gasteiger partial charge is 0.227 e. The van der Waals surface area contributed by atoms with Crippen molar-refractivity contribution >= 4 is 11.8 Å². The van der Waals surface area contributed by atoms with Crippen LogP contribution >= 0.6 is 0 Å². The molecule has 0 spiro atoms. The van der Waals surface area contributed by atoms with E-state index in [-0.39, 0.29) is 5.41 Å². The summed E-state index contributed by atoms with van der Waals surface area (Å²) in [4.78, 5) is 11.0. The lowest BCUT2D eigenvalue weighted by Crippen LogP contribution is -2.40. The second-order valence-electron chi connectivity index (χ2n) is 5.96. The highest BCUT2D eigenvalue weighted by atomic mass is 16.5. The van der Waals surface area contributed by atoms with E-state index in [4.69, 9.17) is 4.74 Å². The molecule has 0 atom stereocenters. The predicted octanol–water partition coefficient (Wildman–Crippen LogP) is 1.65. The molecule has 2 heterocycles. The minimum absolute atomic E-state index is 0.0141. The number of hydrogen-bond donors (Lipinski definition) is 1. The summed E-state index contributed by atoms with van der Waals surface area (Å²) in [6, 6.07) is 2.41. The molecule has 0 amide bonds. The monoisotopic (exact) mass is 250 g/mol. The summed E-state index contributed by atoms with van der Waals surface area (Å²) in [5, 5.41) is 3.38. The van der Waals surface area contributed by atoms with Crippen LogP contribution in [-0.2, 0) is 10.2 Å². The zero-order valence-corrected chi connectivity index (χ0v) is 11.8. The highest BCUT2D eigenvalue weighted by Crippen LogP contribution is 2.24. The van der Waals surface area contributed by atoms with Gasteiger partial charge in [0.15, 0.2) is 0 Å². The summed E-state index contributed by atoms with van der Waals surface area (Å²) < 4.78 is 5.17. The molecule has 5 nitrogen and oxygen atoms in total. The summed E-state index contributed by atoms with van der Waals surface area (Å²) in [5.41, 5.74) is 1.06. The Morgan fingerprint density at radius 1 is 1.28 bits per heavy atom. The molecule has 0 radical (unpaired) electrons. The lowest BCUT2D eigenvalue weighted by Gasteiger charge is -2.28. The Balaban J connectivity index is 2.29. The van der Waals surface area contributed by atoms with Crippen LogP contribution in [0.5, 0.6) is 0 Å². The first-order chi connectivity index (χ1) is 8.36. The third kappa shape index (κ3) is 2.90. The molecule has 1 aliphatic heterocycles. The van der Waals surface area contributed by atoms with Gasteiger partial charge < -0.3 is 15.0 Å². The first-order valence-corrected chi connectivity index (χ1v) is 6.27. The van der Waals surface area contributed by atoms with Crippen LogP contribution in [0.3, 0.4) is 0 Å². The van der Waals surface area contributed by atoms with Crippen molar-refractivity contribution in [2.24, 2.45) is 0 Å². The number of anilines is 2. The van der Waals surface area contributed by atoms with Crippen LogP contribution in [0.25, 0.3) is 0 Å². The van der Waals surface area contributed by atoms with Crippen LogP contribution in [0.15, 0.2) is 6.07 Å². The normalized spacial score (nSPS) is 16.3. The summed E-state index contributed by atoms with van der Waals surface area (Å²) in [5.74, 6) is 1.62. The van der Waals surface area contributed by atoms with Gasteiger partial charge in [-0.15, -0.1) is 0 Å². The summed E-state index contributed by atoms with van der Waals surface area (Å²) in [6.45, 7) is 7.99. The molecule has 1 fully saturated rings. The van der Waals surface area contributed by atoms with Crippen molar-refractivity contribution < 1.29 is 4.74 Å². The van der Waals surface area contributed by atoms with E-state index in [1.54, 1.807) is 0 Å². The predicted molar refractivity (Wildman–Crippen MR) is 73.3 cm³/mol. The maximum absolute atomic E-state index is 5.17. The minimum atomic E-state index is 0.0141. The molecule has 1 aliphatic rings. The molecular formula is C13H22N4O. The van der Waals surface area contributed by atoms with E-state index in [1.165, 1.54) is 0 Å².